The Morgan fingerprint density at radius 1 is 1.15 bits per heavy atom. The van der Waals surface area contributed by atoms with Gasteiger partial charge in [-0.05, 0) is 54.9 Å². The fourth-order valence-corrected chi connectivity index (χ4v) is 5.74. The van der Waals surface area contributed by atoms with Gasteiger partial charge in [0, 0.05) is 18.0 Å². The van der Waals surface area contributed by atoms with Gasteiger partial charge in [0.2, 0.25) is 0 Å². The van der Waals surface area contributed by atoms with Crippen LogP contribution in [-0.2, 0) is 22.4 Å². The first-order chi connectivity index (χ1) is 19.4. The molecule has 2 aromatic carbocycles. The van der Waals surface area contributed by atoms with Gasteiger partial charge in [0.25, 0.3) is 5.56 Å². The van der Waals surface area contributed by atoms with Gasteiger partial charge in [-0.25, -0.2) is 13.7 Å². The summed E-state index contributed by atoms with van der Waals surface area (Å²) in [5.74, 6) is -1.55. The fourth-order valence-electron chi connectivity index (χ4n) is 5.74. The number of ether oxygens (including phenoxy) is 1. The molecular formula is C31H31FN4O4. The minimum atomic E-state index is -1.01. The van der Waals surface area contributed by atoms with E-state index in [4.69, 9.17) is 9.84 Å². The normalized spacial score (nSPS) is 17.1. The minimum Gasteiger partial charge on any atom is -0.480 e. The van der Waals surface area contributed by atoms with Gasteiger partial charge in [-0.2, -0.15) is 10.4 Å². The van der Waals surface area contributed by atoms with E-state index in [1.807, 2.05) is 49.4 Å². The van der Waals surface area contributed by atoms with Crippen LogP contribution in [0.15, 0.2) is 59.5 Å². The van der Waals surface area contributed by atoms with Crippen LogP contribution in [0.5, 0.6) is 0 Å². The summed E-state index contributed by atoms with van der Waals surface area (Å²) in [5, 5.41) is 22.7. The van der Waals surface area contributed by atoms with Crippen LogP contribution >= 0.6 is 0 Å². The number of benzene rings is 2. The summed E-state index contributed by atoms with van der Waals surface area (Å²) in [6.07, 6.45) is 5.00. The Labute approximate surface area is 231 Å². The van der Waals surface area contributed by atoms with Crippen molar-refractivity contribution in [1.82, 2.24) is 14.2 Å². The van der Waals surface area contributed by atoms with Gasteiger partial charge in [0.05, 0.1) is 29.6 Å². The molecule has 2 aromatic heterocycles. The Morgan fingerprint density at radius 3 is 2.55 bits per heavy atom. The maximum atomic E-state index is 15.1. The molecule has 0 aliphatic heterocycles. The molecule has 8 nitrogen and oxygen atoms in total. The van der Waals surface area contributed by atoms with Gasteiger partial charge >= 0.3 is 5.97 Å². The van der Waals surface area contributed by atoms with Gasteiger partial charge in [-0.3, -0.25) is 9.36 Å². The molecule has 1 N–H and O–H groups in total. The van der Waals surface area contributed by atoms with E-state index in [0.717, 1.165) is 29.3 Å². The van der Waals surface area contributed by atoms with Crippen LogP contribution in [0.1, 0.15) is 67.5 Å². The number of nitriles is 1. The zero-order valence-corrected chi connectivity index (χ0v) is 22.3. The molecule has 40 heavy (non-hydrogen) atoms. The lowest BCUT2D eigenvalue weighted by molar-refractivity contribution is -0.145. The number of aryl methyl sites for hydroxylation is 1. The monoisotopic (exact) mass is 542 g/mol. The number of hydrogen-bond donors (Lipinski definition) is 1. The minimum absolute atomic E-state index is 0.176. The van der Waals surface area contributed by atoms with Gasteiger partial charge in [-0.1, -0.05) is 55.8 Å². The predicted molar refractivity (Wildman–Crippen MR) is 148 cm³/mol. The molecule has 0 bridgehead atoms. The van der Waals surface area contributed by atoms with Crippen LogP contribution in [0.2, 0.25) is 0 Å². The van der Waals surface area contributed by atoms with E-state index in [-0.39, 0.29) is 30.0 Å². The van der Waals surface area contributed by atoms with E-state index < -0.39 is 11.8 Å². The molecule has 206 valence electrons. The van der Waals surface area contributed by atoms with E-state index >= 15 is 4.39 Å². The molecule has 0 amide bonds. The van der Waals surface area contributed by atoms with E-state index in [0.29, 0.717) is 55.3 Å². The number of carboxylic acid groups (broad SMARTS) is 1. The zero-order chi connectivity index (χ0) is 28.2. The standard InChI is InChI=1S/C31H31FN4O4/c1-2-5-28-26(16-20-8-10-21(11-9-20)25-7-4-3-6-22(25)17-33)31(39)35(30-27(32)18-34-36(28)30)23-12-14-24(15-13-23)40-19-29(37)38/h3-4,6-11,18,23-24H,2,5,12-16,19H2,1H3,(H,37,38)/t23-,24-. The summed E-state index contributed by atoms with van der Waals surface area (Å²) >= 11 is 0. The second-order valence-corrected chi connectivity index (χ2v) is 10.2. The van der Waals surface area contributed by atoms with Crippen LogP contribution in [-0.4, -0.2) is 38.0 Å². The number of fused-ring (bicyclic) bond motifs is 1. The first kappa shape index (κ1) is 27.3. The van der Waals surface area contributed by atoms with E-state index in [1.165, 1.54) is 0 Å². The van der Waals surface area contributed by atoms with Crippen LogP contribution in [0.4, 0.5) is 4.39 Å². The third-order valence-electron chi connectivity index (χ3n) is 7.64. The highest BCUT2D eigenvalue weighted by Crippen LogP contribution is 2.32. The molecule has 5 rings (SSSR count). The predicted octanol–water partition coefficient (Wildman–Crippen LogP) is 5.30. The molecule has 0 saturated heterocycles. The number of hydrogen-bond acceptors (Lipinski definition) is 5. The lowest BCUT2D eigenvalue weighted by Crippen LogP contribution is -2.35. The Morgan fingerprint density at radius 2 is 1.88 bits per heavy atom. The molecule has 0 atom stereocenters. The maximum Gasteiger partial charge on any atom is 0.329 e. The molecule has 9 heteroatoms. The van der Waals surface area contributed by atoms with Gasteiger partial charge in [0.1, 0.15) is 6.61 Å². The summed E-state index contributed by atoms with van der Waals surface area (Å²) in [6, 6.07) is 17.2. The highest BCUT2D eigenvalue weighted by molar-refractivity contribution is 5.70. The number of halogens is 1. The Bertz CT molecular complexity index is 1630. The molecule has 4 aromatic rings. The number of aliphatic carboxylic acids is 1. The number of aromatic nitrogens is 3. The second kappa shape index (κ2) is 11.8. The van der Waals surface area contributed by atoms with Crippen LogP contribution in [0, 0.1) is 17.1 Å². The molecular weight excluding hydrogens is 511 g/mol. The van der Waals surface area contributed by atoms with Crippen molar-refractivity contribution in [3.8, 4) is 17.2 Å². The lowest BCUT2D eigenvalue weighted by atomic mass is 9.92. The number of nitrogens with zero attached hydrogens (tertiary/aromatic N) is 4. The Hall–Kier alpha value is -4.29. The summed E-state index contributed by atoms with van der Waals surface area (Å²) in [4.78, 5) is 25.0. The Kier molecular flexibility index (Phi) is 8.08. The summed E-state index contributed by atoms with van der Waals surface area (Å²) in [6.45, 7) is 1.66. The molecule has 2 heterocycles. The molecule has 0 radical (unpaired) electrons. The third kappa shape index (κ3) is 5.40. The number of carbonyl (C=O) groups is 1. The van der Waals surface area contributed by atoms with Gasteiger partial charge < -0.3 is 9.84 Å². The van der Waals surface area contributed by atoms with E-state index in [1.54, 1.807) is 15.1 Å². The van der Waals surface area contributed by atoms with Crippen molar-refractivity contribution in [2.75, 3.05) is 6.61 Å². The van der Waals surface area contributed by atoms with Crippen LogP contribution < -0.4 is 5.56 Å². The highest BCUT2D eigenvalue weighted by Gasteiger charge is 2.29. The zero-order valence-electron chi connectivity index (χ0n) is 22.3. The van der Waals surface area contributed by atoms with E-state index in [9.17, 15) is 14.9 Å². The molecule has 1 aliphatic rings. The summed E-state index contributed by atoms with van der Waals surface area (Å²) in [5.41, 5.74) is 4.54. The van der Waals surface area contributed by atoms with E-state index in [2.05, 4.69) is 11.2 Å². The second-order valence-electron chi connectivity index (χ2n) is 10.2. The van der Waals surface area contributed by atoms with Crippen molar-refractivity contribution in [2.24, 2.45) is 0 Å². The van der Waals surface area contributed by atoms with Gasteiger partial charge in [0.15, 0.2) is 11.5 Å². The van der Waals surface area contributed by atoms with Crippen LogP contribution in [0.3, 0.4) is 0 Å². The average molecular weight is 543 g/mol. The van der Waals surface area contributed by atoms with Crippen molar-refractivity contribution >= 4 is 11.6 Å². The topological polar surface area (TPSA) is 110 Å². The third-order valence-corrected chi connectivity index (χ3v) is 7.64. The van der Waals surface area contributed by atoms with Crippen molar-refractivity contribution in [3.05, 3.63) is 93.3 Å². The van der Waals surface area contributed by atoms with Crippen LogP contribution in [0.25, 0.3) is 16.8 Å². The summed E-state index contributed by atoms with van der Waals surface area (Å²) in [7, 11) is 0. The molecule has 0 spiro atoms. The molecule has 1 aliphatic carbocycles. The molecule has 0 unspecified atom stereocenters. The largest absolute Gasteiger partial charge is 0.480 e. The highest BCUT2D eigenvalue weighted by atomic mass is 19.1. The quantitative estimate of drug-likeness (QED) is 0.307. The first-order valence-electron chi connectivity index (χ1n) is 13.6. The average Bonchev–Trinajstić information content (AvgIpc) is 3.35. The van der Waals surface area contributed by atoms with Crippen molar-refractivity contribution < 1.29 is 19.0 Å². The SMILES string of the molecule is CCCc1c(Cc2ccc(-c3ccccc3C#N)cc2)c(=O)n([C@H]2CC[C@H](OCC(=O)O)CC2)c2c(F)cnn12. The summed E-state index contributed by atoms with van der Waals surface area (Å²) < 4.78 is 23.7. The lowest BCUT2D eigenvalue weighted by Gasteiger charge is -2.30. The number of carboxylic acids is 1. The molecule has 1 fully saturated rings. The maximum absolute atomic E-state index is 15.1. The van der Waals surface area contributed by atoms with Crippen molar-refractivity contribution in [1.29, 1.82) is 5.26 Å². The van der Waals surface area contributed by atoms with Crippen molar-refractivity contribution in [2.45, 2.75) is 64.0 Å². The smallest absolute Gasteiger partial charge is 0.329 e. The van der Waals surface area contributed by atoms with Gasteiger partial charge in [-0.15, -0.1) is 0 Å². The fraction of sp³-hybridized carbons (Fsp3) is 0.355. The number of rotatable bonds is 9. The molecule has 1 saturated carbocycles. The Balaban J connectivity index is 1.51. The van der Waals surface area contributed by atoms with Crippen molar-refractivity contribution in [3.63, 3.8) is 0 Å². The first-order valence-corrected chi connectivity index (χ1v) is 13.6.